The lowest BCUT2D eigenvalue weighted by Gasteiger charge is -2.05. The SMILES string of the molecule is CCCCNCCC(=O)NCc1ccccn1. The third kappa shape index (κ3) is 6.68. The summed E-state index contributed by atoms with van der Waals surface area (Å²) in [5.74, 6) is 0.0691. The molecular weight excluding hydrogens is 214 g/mol. The Balaban J connectivity index is 2.05. The summed E-state index contributed by atoms with van der Waals surface area (Å²) in [4.78, 5) is 15.6. The van der Waals surface area contributed by atoms with E-state index in [1.807, 2.05) is 18.2 Å². The van der Waals surface area contributed by atoms with Crippen LogP contribution in [-0.4, -0.2) is 24.0 Å². The van der Waals surface area contributed by atoms with Gasteiger partial charge < -0.3 is 10.6 Å². The lowest BCUT2D eigenvalue weighted by atomic mass is 10.3. The molecule has 1 amide bonds. The molecule has 0 fully saturated rings. The minimum absolute atomic E-state index is 0.0691. The zero-order valence-corrected chi connectivity index (χ0v) is 10.4. The van der Waals surface area contributed by atoms with Gasteiger partial charge in [0, 0.05) is 19.2 Å². The minimum atomic E-state index is 0.0691. The van der Waals surface area contributed by atoms with Gasteiger partial charge in [0.2, 0.25) is 5.91 Å². The van der Waals surface area contributed by atoms with E-state index >= 15 is 0 Å². The van der Waals surface area contributed by atoms with Crippen molar-refractivity contribution in [2.45, 2.75) is 32.7 Å². The van der Waals surface area contributed by atoms with Crippen LogP contribution in [0.2, 0.25) is 0 Å². The smallest absolute Gasteiger partial charge is 0.221 e. The predicted octanol–water partition coefficient (Wildman–Crippen LogP) is 1.48. The van der Waals surface area contributed by atoms with Crippen molar-refractivity contribution < 1.29 is 4.79 Å². The molecule has 2 N–H and O–H groups in total. The molecule has 4 heteroatoms. The van der Waals surface area contributed by atoms with Gasteiger partial charge in [-0.3, -0.25) is 9.78 Å². The molecule has 0 saturated heterocycles. The van der Waals surface area contributed by atoms with Gasteiger partial charge in [-0.15, -0.1) is 0 Å². The van der Waals surface area contributed by atoms with Crippen molar-refractivity contribution in [3.05, 3.63) is 30.1 Å². The molecule has 0 aliphatic rings. The van der Waals surface area contributed by atoms with Crippen LogP contribution < -0.4 is 10.6 Å². The van der Waals surface area contributed by atoms with E-state index in [1.54, 1.807) is 6.20 Å². The molecule has 0 unspecified atom stereocenters. The molecular formula is C13H21N3O. The first-order chi connectivity index (χ1) is 8.33. The van der Waals surface area contributed by atoms with Crippen LogP contribution in [0.1, 0.15) is 31.9 Å². The van der Waals surface area contributed by atoms with Gasteiger partial charge in [-0.1, -0.05) is 19.4 Å². The van der Waals surface area contributed by atoms with Gasteiger partial charge >= 0.3 is 0 Å². The molecule has 0 atom stereocenters. The fourth-order valence-corrected chi connectivity index (χ4v) is 1.41. The van der Waals surface area contributed by atoms with Gasteiger partial charge in [-0.25, -0.2) is 0 Å². The molecule has 0 spiro atoms. The summed E-state index contributed by atoms with van der Waals surface area (Å²) in [6.07, 6.45) is 4.60. The summed E-state index contributed by atoms with van der Waals surface area (Å²) in [6.45, 7) is 4.40. The number of carbonyl (C=O) groups excluding carboxylic acids is 1. The van der Waals surface area contributed by atoms with Gasteiger partial charge in [-0.2, -0.15) is 0 Å². The molecule has 1 heterocycles. The van der Waals surface area contributed by atoms with Crippen LogP contribution in [0, 0.1) is 0 Å². The normalized spacial score (nSPS) is 10.2. The van der Waals surface area contributed by atoms with Crippen molar-refractivity contribution in [2.75, 3.05) is 13.1 Å². The highest BCUT2D eigenvalue weighted by atomic mass is 16.1. The van der Waals surface area contributed by atoms with E-state index in [4.69, 9.17) is 0 Å². The van der Waals surface area contributed by atoms with Crippen LogP contribution in [0.5, 0.6) is 0 Å². The Labute approximate surface area is 103 Å². The van der Waals surface area contributed by atoms with E-state index in [-0.39, 0.29) is 5.91 Å². The number of hydrogen-bond donors (Lipinski definition) is 2. The van der Waals surface area contributed by atoms with E-state index in [2.05, 4.69) is 22.5 Å². The molecule has 0 aliphatic heterocycles. The molecule has 17 heavy (non-hydrogen) atoms. The van der Waals surface area contributed by atoms with Crippen molar-refractivity contribution in [3.63, 3.8) is 0 Å². The molecule has 0 aromatic carbocycles. The number of aromatic nitrogens is 1. The second-order valence-corrected chi connectivity index (χ2v) is 3.95. The highest BCUT2D eigenvalue weighted by molar-refractivity contribution is 5.75. The maximum Gasteiger partial charge on any atom is 0.221 e. The molecule has 1 aromatic heterocycles. The summed E-state index contributed by atoms with van der Waals surface area (Å²) >= 11 is 0. The van der Waals surface area contributed by atoms with Crippen molar-refractivity contribution in [1.29, 1.82) is 0 Å². The van der Waals surface area contributed by atoms with E-state index < -0.39 is 0 Å². The van der Waals surface area contributed by atoms with Crippen LogP contribution in [0.15, 0.2) is 24.4 Å². The van der Waals surface area contributed by atoms with Crippen LogP contribution in [0.3, 0.4) is 0 Å². The van der Waals surface area contributed by atoms with Gasteiger partial charge in [-0.05, 0) is 25.1 Å². The minimum Gasteiger partial charge on any atom is -0.350 e. The zero-order chi connectivity index (χ0) is 12.3. The van der Waals surface area contributed by atoms with Crippen LogP contribution in [0.25, 0.3) is 0 Å². The first-order valence-electron chi connectivity index (χ1n) is 6.20. The van der Waals surface area contributed by atoms with Crippen molar-refractivity contribution in [1.82, 2.24) is 15.6 Å². The second-order valence-electron chi connectivity index (χ2n) is 3.95. The fourth-order valence-electron chi connectivity index (χ4n) is 1.41. The summed E-state index contributed by atoms with van der Waals surface area (Å²) in [7, 11) is 0. The highest BCUT2D eigenvalue weighted by Gasteiger charge is 2.00. The number of carbonyl (C=O) groups is 1. The number of nitrogens with one attached hydrogen (secondary N) is 2. The van der Waals surface area contributed by atoms with Crippen LogP contribution in [0.4, 0.5) is 0 Å². The Morgan fingerprint density at radius 3 is 2.94 bits per heavy atom. The molecule has 1 rings (SSSR count). The largest absolute Gasteiger partial charge is 0.350 e. The first-order valence-corrected chi connectivity index (χ1v) is 6.20. The van der Waals surface area contributed by atoms with Crippen molar-refractivity contribution >= 4 is 5.91 Å². The average molecular weight is 235 g/mol. The van der Waals surface area contributed by atoms with Crippen molar-refractivity contribution in [3.8, 4) is 0 Å². The lowest BCUT2D eigenvalue weighted by molar-refractivity contribution is -0.121. The second kappa shape index (κ2) is 8.70. The average Bonchev–Trinajstić information content (AvgIpc) is 2.37. The van der Waals surface area contributed by atoms with Gasteiger partial charge in [0.25, 0.3) is 0 Å². The number of amides is 1. The van der Waals surface area contributed by atoms with Crippen LogP contribution >= 0.6 is 0 Å². The topological polar surface area (TPSA) is 54.0 Å². The molecule has 4 nitrogen and oxygen atoms in total. The number of hydrogen-bond acceptors (Lipinski definition) is 3. The molecule has 1 aromatic rings. The quantitative estimate of drug-likeness (QED) is 0.671. The number of unbranched alkanes of at least 4 members (excludes halogenated alkanes) is 1. The number of rotatable bonds is 8. The highest BCUT2D eigenvalue weighted by Crippen LogP contribution is 1.92. The molecule has 0 bridgehead atoms. The van der Waals surface area contributed by atoms with Gasteiger partial charge in [0.1, 0.15) is 0 Å². The van der Waals surface area contributed by atoms with E-state index in [0.29, 0.717) is 13.0 Å². The van der Waals surface area contributed by atoms with Crippen molar-refractivity contribution in [2.24, 2.45) is 0 Å². The lowest BCUT2D eigenvalue weighted by Crippen LogP contribution is -2.27. The van der Waals surface area contributed by atoms with Crippen LogP contribution in [-0.2, 0) is 11.3 Å². The Morgan fingerprint density at radius 1 is 1.35 bits per heavy atom. The zero-order valence-electron chi connectivity index (χ0n) is 10.4. The number of nitrogens with zero attached hydrogens (tertiary/aromatic N) is 1. The van der Waals surface area contributed by atoms with E-state index in [1.165, 1.54) is 6.42 Å². The first kappa shape index (κ1) is 13.6. The van der Waals surface area contributed by atoms with Gasteiger partial charge in [0.15, 0.2) is 0 Å². The Kier molecular flexibility index (Phi) is 6.98. The Bertz CT molecular complexity index is 314. The number of pyridine rings is 1. The standard InChI is InChI=1S/C13H21N3O/c1-2-3-8-14-10-7-13(17)16-11-12-6-4-5-9-15-12/h4-6,9,14H,2-3,7-8,10-11H2,1H3,(H,16,17). The van der Waals surface area contributed by atoms with E-state index in [9.17, 15) is 4.79 Å². The summed E-state index contributed by atoms with van der Waals surface area (Å²) < 4.78 is 0. The fraction of sp³-hybridized carbons (Fsp3) is 0.538. The van der Waals surface area contributed by atoms with E-state index in [0.717, 1.165) is 25.2 Å². The molecule has 0 aliphatic carbocycles. The maximum atomic E-state index is 11.5. The summed E-state index contributed by atoms with van der Waals surface area (Å²) in [5.41, 5.74) is 0.889. The molecule has 0 saturated carbocycles. The molecule has 0 radical (unpaired) electrons. The Morgan fingerprint density at radius 2 is 2.24 bits per heavy atom. The monoisotopic (exact) mass is 235 g/mol. The summed E-state index contributed by atoms with van der Waals surface area (Å²) in [5, 5.41) is 6.09. The van der Waals surface area contributed by atoms with Gasteiger partial charge in [0.05, 0.1) is 12.2 Å². The third-order valence-electron chi connectivity index (χ3n) is 2.43. The Hall–Kier alpha value is -1.42. The third-order valence-corrected chi connectivity index (χ3v) is 2.43. The predicted molar refractivity (Wildman–Crippen MR) is 68.5 cm³/mol. The molecule has 94 valence electrons. The maximum absolute atomic E-state index is 11.5. The summed E-state index contributed by atoms with van der Waals surface area (Å²) in [6, 6.07) is 5.68.